The van der Waals surface area contributed by atoms with E-state index in [0.29, 0.717) is 0 Å². The molecule has 0 bridgehead atoms. The maximum atomic E-state index is 6.19. The molecule has 0 unspecified atom stereocenters. The van der Waals surface area contributed by atoms with Crippen molar-refractivity contribution in [1.29, 1.82) is 0 Å². The number of benzene rings is 1. The SMILES string of the molecule is Cc1ccc(C)c2c(C)c(C(C)(C)N)[nH]c12. The molecule has 86 valence electrons. The van der Waals surface area contributed by atoms with Crippen LogP contribution in [0.1, 0.15) is 36.2 Å². The van der Waals surface area contributed by atoms with Crippen LogP contribution in [0.15, 0.2) is 12.1 Å². The van der Waals surface area contributed by atoms with Crippen LogP contribution < -0.4 is 5.73 Å². The van der Waals surface area contributed by atoms with Gasteiger partial charge in [0, 0.05) is 16.6 Å². The predicted octanol–water partition coefficient (Wildman–Crippen LogP) is 3.29. The molecule has 0 amide bonds. The van der Waals surface area contributed by atoms with E-state index in [4.69, 9.17) is 5.73 Å². The summed E-state index contributed by atoms with van der Waals surface area (Å²) in [5.74, 6) is 0. The van der Waals surface area contributed by atoms with Gasteiger partial charge in [0.25, 0.3) is 0 Å². The zero-order valence-electron chi connectivity index (χ0n) is 10.7. The summed E-state index contributed by atoms with van der Waals surface area (Å²) in [6, 6.07) is 4.33. The Balaban J connectivity index is 2.88. The van der Waals surface area contributed by atoms with Crippen molar-refractivity contribution >= 4 is 10.9 Å². The molecule has 1 aromatic carbocycles. The van der Waals surface area contributed by atoms with Crippen LogP contribution in [0.2, 0.25) is 0 Å². The van der Waals surface area contributed by atoms with Crippen LogP contribution in [0.4, 0.5) is 0 Å². The zero-order valence-corrected chi connectivity index (χ0v) is 10.7. The Morgan fingerprint density at radius 1 is 1.06 bits per heavy atom. The first-order valence-electron chi connectivity index (χ1n) is 5.70. The maximum Gasteiger partial charge on any atom is 0.0507 e. The summed E-state index contributed by atoms with van der Waals surface area (Å²) in [6.45, 7) is 10.5. The highest BCUT2D eigenvalue weighted by atomic mass is 14.8. The van der Waals surface area contributed by atoms with E-state index in [9.17, 15) is 0 Å². The van der Waals surface area contributed by atoms with Crippen LogP contribution >= 0.6 is 0 Å². The molecule has 3 N–H and O–H groups in total. The van der Waals surface area contributed by atoms with Gasteiger partial charge in [-0.3, -0.25) is 0 Å². The topological polar surface area (TPSA) is 41.8 Å². The van der Waals surface area contributed by atoms with Gasteiger partial charge < -0.3 is 10.7 Å². The number of aromatic amines is 1. The molecule has 0 saturated heterocycles. The summed E-state index contributed by atoms with van der Waals surface area (Å²) in [5, 5.41) is 1.33. The van der Waals surface area contributed by atoms with E-state index >= 15 is 0 Å². The third-order valence-corrected chi connectivity index (χ3v) is 3.27. The number of fused-ring (bicyclic) bond motifs is 1. The Morgan fingerprint density at radius 2 is 1.62 bits per heavy atom. The van der Waals surface area contributed by atoms with Gasteiger partial charge in [0.05, 0.1) is 5.54 Å². The summed E-state index contributed by atoms with van der Waals surface area (Å²) >= 11 is 0. The first-order valence-corrected chi connectivity index (χ1v) is 5.70. The lowest BCUT2D eigenvalue weighted by atomic mass is 9.96. The minimum absolute atomic E-state index is 0.317. The second-order valence-corrected chi connectivity index (χ2v) is 5.30. The Labute approximate surface area is 96.9 Å². The smallest absolute Gasteiger partial charge is 0.0507 e. The molecule has 0 fully saturated rings. The maximum absolute atomic E-state index is 6.19. The molecule has 0 radical (unpaired) electrons. The van der Waals surface area contributed by atoms with Gasteiger partial charge in [0.15, 0.2) is 0 Å². The summed E-state index contributed by atoms with van der Waals surface area (Å²) in [5.41, 5.74) is 12.1. The summed E-state index contributed by atoms with van der Waals surface area (Å²) in [6.07, 6.45) is 0. The largest absolute Gasteiger partial charge is 0.356 e. The predicted molar refractivity (Wildman–Crippen MR) is 69.7 cm³/mol. The highest BCUT2D eigenvalue weighted by Crippen LogP contribution is 2.31. The average molecular weight is 216 g/mol. The first-order chi connectivity index (χ1) is 7.32. The van der Waals surface area contributed by atoms with Gasteiger partial charge in [-0.1, -0.05) is 12.1 Å². The van der Waals surface area contributed by atoms with Crippen molar-refractivity contribution in [3.05, 3.63) is 34.5 Å². The van der Waals surface area contributed by atoms with Crippen LogP contribution in [0.3, 0.4) is 0 Å². The highest BCUT2D eigenvalue weighted by molar-refractivity contribution is 5.90. The van der Waals surface area contributed by atoms with E-state index in [1.807, 2.05) is 13.8 Å². The third-order valence-electron chi connectivity index (χ3n) is 3.27. The van der Waals surface area contributed by atoms with Gasteiger partial charge in [0.2, 0.25) is 0 Å². The molecule has 0 aliphatic rings. The van der Waals surface area contributed by atoms with Crippen LogP contribution in [0, 0.1) is 20.8 Å². The molecule has 0 saturated carbocycles. The summed E-state index contributed by atoms with van der Waals surface area (Å²) < 4.78 is 0. The summed E-state index contributed by atoms with van der Waals surface area (Å²) in [7, 11) is 0. The van der Waals surface area contributed by atoms with Gasteiger partial charge in [-0.25, -0.2) is 0 Å². The molecule has 2 heteroatoms. The molecule has 1 aromatic heterocycles. The molecular weight excluding hydrogens is 196 g/mol. The Bertz CT molecular complexity index is 542. The van der Waals surface area contributed by atoms with E-state index in [2.05, 4.69) is 37.9 Å². The number of aryl methyl sites for hydroxylation is 3. The zero-order chi connectivity index (χ0) is 12.1. The van der Waals surface area contributed by atoms with Crippen LogP contribution in [-0.2, 0) is 5.54 Å². The first kappa shape index (κ1) is 11.2. The standard InChI is InChI=1S/C14H20N2/c1-8-6-7-9(2)12-11(8)10(3)13(16-12)14(4,5)15/h6-7,16H,15H2,1-5H3. The van der Waals surface area contributed by atoms with Gasteiger partial charge in [0.1, 0.15) is 0 Å². The van der Waals surface area contributed by atoms with Crippen molar-refractivity contribution in [3.63, 3.8) is 0 Å². The summed E-state index contributed by atoms with van der Waals surface area (Å²) in [4.78, 5) is 3.49. The Morgan fingerprint density at radius 3 is 2.12 bits per heavy atom. The third kappa shape index (κ3) is 1.54. The number of hydrogen-bond acceptors (Lipinski definition) is 1. The van der Waals surface area contributed by atoms with Crippen molar-refractivity contribution in [2.75, 3.05) is 0 Å². The minimum atomic E-state index is -0.317. The van der Waals surface area contributed by atoms with Gasteiger partial charge >= 0.3 is 0 Å². The lowest BCUT2D eigenvalue weighted by Gasteiger charge is -2.18. The number of hydrogen-bond donors (Lipinski definition) is 2. The molecule has 16 heavy (non-hydrogen) atoms. The minimum Gasteiger partial charge on any atom is -0.356 e. The van der Waals surface area contributed by atoms with Crippen molar-refractivity contribution in [2.45, 2.75) is 40.2 Å². The second kappa shape index (κ2) is 3.36. The van der Waals surface area contributed by atoms with Crippen molar-refractivity contribution in [3.8, 4) is 0 Å². The van der Waals surface area contributed by atoms with Crippen LogP contribution in [0.25, 0.3) is 10.9 Å². The highest BCUT2D eigenvalue weighted by Gasteiger charge is 2.21. The second-order valence-electron chi connectivity index (χ2n) is 5.30. The molecule has 0 aliphatic carbocycles. The van der Waals surface area contributed by atoms with E-state index in [-0.39, 0.29) is 5.54 Å². The number of aromatic nitrogens is 1. The van der Waals surface area contributed by atoms with Crippen molar-refractivity contribution < 1.29 is 0 Å². The van der Waals surface area contributed by atoms with E-state index < -0.39 is 0 Å². The quantitative estimate of drug-likeness (QED) is 0.754. The number of nitrogens with two attached hydrogens (primary N) is 1. The monoisotopic (exact) mass is 216 g/mol. The molecule has 0 atom stereocenters. The Hall–Kier alpha value is -1.28. The molecular formula is C14H20N2. The van der Waals surface area contributed by atoms with Crippen molar-refractivity contribution in [1.82, 2.24) is 4.98 Å². The van der Waals surface area contributed by atoms with Crippen LogP contribution in [0.5, 0.6) is 0 Å². The van der Waals surface area contributed by atoms with E-state index in [1.165, 1.54) is 27.6 Å². The molecule has 2 rings (SSSR count). The van der Waals surface area contributed by atoms with Gasteiger partial charge in [-0.2, -0.15) is 0 Å². The molecule has 1 heterocycles. The fourth-order valence-corrected chi connectivity index (χ4v) is 2.44. The lowest BCUT2D eigenvalue weighted by Crippen LogP contribution is -2.29. The van der Waals surface area contributed by atoms with E-state index in [1.54, 1.807) is 0 Å². The number of H-pyrrole nitrogens is 1. The molecule has 2 aromatic rings. The van der Waals surface area contributed by atoms with E-state index in [0.717, 1.165) is 5.69 Å². The van der Waals surface area contributed by atoms with Crippen molar-refractivity contribution in [2.24, 2.45) is 5.73 Å². The Kier molecular flexibility index (Phi) is 2.35. The molecule has 2 nitrogen and oxygen atoms in total. The molecule has 0 aliphatic heterocycles. The van der Waals surface area contributed by atoms with Crippen LogP contribution in [-0.4, -0.2) is 4.98 Å². The molecule has 0 spiro atoms. The number of rotatable bonds is 1. The normalized spacial score (nSPS) is 12.4. The fourth-order valence-electron chi connectivity index (χ4n) is 2.44. The average Bonchev–Trinajstić information content (AvgIpc) is 2.51. The van der Waals surface area contributed by atoms with Gasteiger partial charge in [-0.05, 0) is 51.3 Å². The lowest BCUT2D eigenvalue weighted by molar-refractivity contribution is 0.536. The van der Waals surface area contributed by atoms with Gasteiger partial charge in [-0.15, -0.1) is 0 Å². The fraction of sp³-hybridized carbons (Fsp3) is 0.429. The number of nitrogens with one attached hydrogen (secondary N) is 1.